The first-order valence-corrected chi connectivity index (χ1v) is 22.2. The second-order valence-electron chi connectivity index (χ2n) is 13.6. The number of hydrogen-bond donors (Lipinski definition) is 3. The summed E-state index contributed by atoms with van der Waals surface area (Å²) in [6.07, 6.45) is 41.9. The van der Waals surface area contributed by atoms with E-state index in [2.05, 4.69) is 79.1 Å². The van der Waals surface area contributed by atoms with E-state index in [4.69, 9.17) is 19.1 Å². The lowest BCUT2D eigenvalue weighted by Crippen LogP contribution is -2.29. The zero-order valence-electron chi connectivity index (χ0n) is 33.7. The quantitative estimate of drug-likeness (QED) is 0.0239. The molecule has 54 heavy (non-hydrogen) atoms. The second kappa shape index (κ2) is 38.9. The van der Waals surface area contributed by atoms with Gasteiger partial charge in [-0.2, -0.15) is 0 Å². The molecule has 0 bridgehead atoms. The summed E-state index contributed by atoms with van der Waals surface area (Å²) in [4.78, 5) is 34.9. The van der Waals surface area contributed by atoms with Gasteiger partial charge < -0.3 is 24.6 Å². The van der Waals surface area contributed by atoms with Gasteiger partial charge in [0.25, 0.3) is 0 Å². The van der Waals surface area contributed by atoms with Crippen LogP contribution in [-0.2, 0) is 32.7 Å². The van der Waals surface area contributed by atoms with Crippen molar-refractivity contribution in [2.45, 2.75) is 174 Å². The van der Waals surface area contributed by atoms with Crippen LogP contribution in [0.15, 0.2) is 60.8 Å². The predicted molar refractivity (Wildman–Crippen MR) is 219 cm³/mol. The molecule has 0 aromatic rings. The summed E-state index contributed by atoms with van der Waals surface area (Å²) in [7, 11) is -4.62. The third-order valence-electron chi connectivity index (χ3n) is 8.44. The van der Waals surface area contributed by atoms with Crippen molar-refractivity contribution in [2.24, 2.45) is 0 Å². The van der Waals surface area contributed by atoms with Crippen molar-refractivity contribution in [1.82, 2.24) is 0 Å². The summed E-state index contributed by atoms with van der Waals surface area (Å²) >= 11 is 0. The summed E-state index contributed by atoms with van der Waals surface area (Å²) in [6, 6.07) is 0. The predicted octanol–water partition coefficient (Wildman–Crippen LogP) is 10.7. The van der Waals surface area contributed by atoms with Crippen molar-refractivity contribution in [2.75, 3.05) is 26.4 Å². The van der Waals surface area contributed by atoms with Gasteiger partial charge in [-0.1, -0.05) is 152 Å². The molecule has 0 amide bonds. The van der Waals surface area contributed by atoms with Gasteiger partial charge in [0.1, 0.15) is 12.7 Å². The fourth-order valence-corrected chi connectivity index (χ4v) is 6.04. The van der Waals surface area contributed by atoms with Crippen LogP contribution in [0, 0.1) is 0 Å². The number of phosphoric acid groups is 1. The maximum atomic E-state index is 12.6. The molecule has 0 saturated heterocycles. The Morgan fingerprint density at radius 3 is 1.54 bits per heavy atom. The molecular formula is C43H75O10P. The summed E-state index contributed by atoms with van der Waals surface area (Å²) in [6.45, 7) is 2.21. The molecule has 3 atom stereocenters. The molecular weight excluding hydrogens is 707 g/mol. The number of carbonyl (C=O) groups is 2. The number of allylic oxidation sites excluding steroid dienone is 10. The molecule has 0 saturated carbocycles. The Morgan fingerprint density at radius 2 is 1.02 bits per heavy atom. The summed E-state index contributed by atoms with van der Waals surface area (Å²) in [5.41, 5.74) is 0. The lowest BCUT2D eigenvalue weighted by Gasteiger charge is -2.20. The monoisotopic (exact) mass is 783 g/mol. The summed E-state index contributed by atoms with van der Waals surface area (Å²) < 4.78 is 32.6. The minimum atomic E-state index is -4.62. The van der Waals surface area contributed by atoms with Gasteiger partial charge in [0.2, 0.25) is 0 Å². The minimum Gasteiger partial charge on any atom is -0.462 e. The number of esters is 2. The molecule has 0 aliphatic heterocycles. The first-order chi connectivity index (χ1) is 26.2. The number of aliphatic hydroxyl groups is 2. The number of carbonyl (C=O) groups excluding carboxylic acids is 2. The zero-order valence-corrected chi connectivity index (χ0v) is 34.6. The van der Waals surface area contributed by atoms with Crippen LogP contribution < -0.4 is 0 Å². The second-order valence-corrected chi connectivity index (χ2v) is 15.1. The molecule has 11 heteroatoms. The molecule has 0 aliphatic carbocycles. The molecule has 312 valence electrons. The lowest BCUT2D eigenvalue weighted by molar-refractivity contribution is -0.161. The average Bonchev–Trinajstić information content (AvgIpc) is 3.16. The number of aliphatic hydroxyl groups excluding tert-OH is 2. The van der Waals surface area contributed by atoms with E-state index >= 15 is 0 Å². The lowest BCUT2D eigenvalue weighted by atomic mass is 10.0. The molecule has 0 aromatic heterocycles. The van der Waals surface area contributed by atoms with Gasteiger partial charge in [-0.05, 0) is 57.8 Å². The van der Waals surface area contributed by atoms with E-state index in [9.17, 15) is 24.2 Å². The van der Waals surface area contributed by atoms with E-state index < -0.39 is 51.8 Å². The Morgan fingerprint density at radius 1 is 0.574 bits per heavy atom. The molecule has 0 rings (SSSR count). The topological polar surface area (TPSA) is 149 Å². The summed E-state index contributed by atoms with van der Waals surface area (Å²) in [5.74, 6) is -0.965. The van der Waals surface area contributed by atoms with Gasteiger partial charge in [-0.25, -0.2) is 4.57 Å². The Labute approximate surface area is 327 Å². The largest absolute Gasteiger partial charge is 0.472 e. The highest BCUT2D eigenvalue weighted by Gasteiger charge is 2.27. The number of rotatable bonds is 38. The first kappa shape index (κ1) is 51.7. The Hall–Kier alpha value is -2.33. The molecule has 0 aliphatic rings. The van der Waals surface area contributed by atoms with Gasteiger partial charge in [0, 0.05) is 12.8 Å². The molecule has 1 unspecified atom stereocenters. The number of ether oxygens (including phenoxy) is 2. The molecule has 10 nitrogen and oxygen atoms in total. The molecule has 3 N–H and O–H groups in total. The van der Waals surface area contributed by atoms with Crippen LogP contribution in [0.1, 0.15) is 162 Å². The van der Waals surface area contributed by atoms with Gasteiger partial charge in [-0.15, -0.1) is 0 Å². The molecule has 0 fully saturated rings. The van der Waals surface area contributed by atoms with Crippen LogP contribution in [-0.4, -0.2) is 65.7 Å². The van der Waals surface area contributed by atoms with E-state index in [0.717, 1.165) is 70.6 Å². The standard InChI is InChI=1S/C43H75O10P/c1-3-5-7-9-11-13-15-17-18-19-20-21-22-23-25-27-29-31-33-35-43(47)53-41(39-52-54(48,49)51-37-40(45)36-44)38-50-42(46)34-32-30-28-26-24-16-14-12-10-8-6-4-2/h5,7,11,13,17-18,20-21,23,25,40-41,44-45H,3-4,6,8-10,12,14-16,19,22,24,26-39H2,1-2H3,(H,48,49)/b7-5+,13-11+,18-17+,21-20+,25-23+/t40-,41+/m0/s1. The minimum absolute atomic E-state index is 0.144. The number of unbranched alkanes of at least 4 members (excludes halogenated alkanes) is 14. The van der Waals surface area contributed by atoms with Gasteiger partial charge in [0.05, 0.1) is 19.8 Å². The highest BCUT2D eigenvalue weighted by atomic mass is 31.2. The van der Waals surface area contributed by atoms with Crippen LogP contribution in [0.25, 0.3) is 0 Å². The van der Waals surface area contributed by atoms with Gasteiger partial charge >= 0.3 is 19.8 Å². The van der Waals surface area contributed by atoms with Gasteiger partial charge in [0.15, 0.2) is 6.10 Å². The Balaban J connectivity index is 4.39. The fraction of sp³-hybridized carbons (Fsp3) is 0.721. The van der Waals surface area contributed by atoms with E-state index in [0.29, 0.717) is 12.8 Å². The van der Waals surface area contributed by atoms with E-state index in [-0.39, 0.29) is 19.4 Å². The maximum absolute atomic E-state index is 12.6. The Bertz CT molecular complexity index is 1080. The van der Waals surface area contributed by atoms with Crippen molar-refractivity contribution in [3.05, 3.63) is 60.8 Å². The molecule has 0 aromatic carbocycles. The third kappa shape index (κ3) is 38.0. The number of phosphoric ester groups is 1. The number of hydrogen-bond acceptors (Lipinski definition) is 9. The average molecular weight is 783 g/mol. The molecule has 0 heterocycles. The Kier molecular flexibility index (Phi) is 37.2. The van der Waals surface area contributed by atoms with Crippen LogP contribution in [0.5, 0.6) is 0 Å². The van der Waals surface area contributed by atoms with Crippen molar-refractivity contribution in [1.29, 1.82) is 0 Å². The van der Waals surface area contributed by atoms with Crippen molar-refractivity contribution in [3.63, 3.8) is 0 Å². The van der Waals surface area contributed by atoms with Crippen molar-refractivity contribution in [3.8, 4) is 0 Å². The molecule has 0 radical (unpaired) electrons. The van der Waals surface area contributed by atoms with Crippen molar-refractivity contribution >= 4 is 19.8 Å². The smallest absolute Gasteiger partial charge is 0.462 e. The highest BCUT2D eigenvalue weighted by Crippen LogP contribution is 2.43. The SMILES string of the molecule is CC/C=C/C/C=C/C/C=C/C/C=C/C/C=C/CCCCCC(=O)O[C@H](COC(=O)CCCCCCCCCCCCCC)COP(=O)(O)OC[C@@H](O)CO. The third-order valence-corrected chi connectivity index (χ3v) is 9.39. The van der Waals surface area contributed by atoms with E-state index in [1.54, 1.807) is 0 Å². The van der Waals surface area contributed by atoms with E-state index in [1.165, 1.54) is 51.4 Å². The van der Waals surface area contributed by atoms with E-state index in [1.807, 2.05) is 0 Å². The maximum Gasteiger partial charge on any atom is 0.472 e. The first-order valence-electron chi connectivity index (χ1n) is 20.7. The fourth-order valence-electron chi connectivity index (χ4n) is 5.25. The van der Waals surface area contributed by atoms with Gasteiger partial charge in [-0.3, -0.25) is 18.6 Å². The zero-order chi connectivity index (χ0) is 39.8. The van der Waals surface area contributed by atoms with Crippen molar-refractivity contribution < 1.29 is 47.8 Å². The van der Waals surface area contributed by atoms with Crippen LogP contribution in [0.2, 0.25) is 0 Å². The highest BCUT2D eigenvalue weighted by molar-refractivity contribution is 7.47. The molecule has 0 spiro atoms. The summed E-state index contributed by atoms with van der Waals surface area (Å²) in [5, 5.41) is 18.3. The van der Waals surface area contributed by atoms with Crippen LogP contribution >= 0.6 is 7.82 Å². The van der Waals surface area contributed by atoms with Crippen LogP contribution in [0.3, 0.4) is 0 Å². The normalized spacial score (nSPS) is 14.5. The van der Waals surface area contributed by atoms with Crippen LogP contribution in [0.4, 0.5) is 0 Å².